The molecule has 2 aromatic carbocycles. The normalized spacial score (nSPS) is 10.2. The molecule has 126 valence electrons. The average Bonchev–Trinajstić information content (AvgIpc) is 2.55. The molecular formula is C19H22N2O3. The summed E-state index contributed by atoms with van der Waals surface area (Å²) in [7, 11) is 1.33. The van der Waals surface area contributed by atoms with E-state index in [-0.39, 0.29) is 12.5 Å². The fourth-order valence-corrected chi connectivity index (χ4v) is 2.38. The number of carbonyl (C=O) groups is 2. The van der Waals surface area contributed by atoms with Gasteiger partial charge >= 0.3 is 5.97 Å². The highest BCUT2D eigenvalue weighted by Gasteiger charge is 2.10. The van der Waals surface area contributed by atoms with Crippen LogP contribution in [0.25, 0.3) is 0 Å². The lowest BCUT2D eigenvalue weighted by Gasteiger charge is -2.12. The van der Waals surface area contributed by atoms with E-state index in [9.17, 15) is 9.59 Å². The maximum atomic E-state index is 12.2. The second-order valence-corrected chi connectivity index (χ2v) is 5.74. The lowest BCUT2D eigenvalue weighted by Crippen LogP contribution is -2.22. The maximum Gasteiger partial charge on any atom is 0.337 e. The number of ether oxygens (including phenoxy) is 1. The molecule has 0 aliphatic carbocycles. The highest BCUT2D eigenvalue weighted by molar-refractivity contribution is 5.97. The van der Waals surface area contributed by atoms with Gasteiger partial charge in [-0.1, -0.05) is 23.8 Å². The number of rotatable bonds is 5. The standard InChI is InChI=1S/C19H22N2O3/c1-12-5-8-16(14(3)9-12)20-11-18(22)21-17-10-15(19(23)24-4)7-6-13(17)2/h5-10,20H,11H2,1-4H3,(H,21,22). The van der Waals surface area contributed by atoms with Gasteiger partial charge in [-0.05, 0) is 50.1 Å². The second-order valence-electron chi connectivity index (χ2n) is 5.74. The summed E-state index contributed by atoms with van der Waals surface area (Å²) in [5, 5.41) is 5.95. The fraction of sp³-hybridized carbons (Fsp3) is 0.263. The fourth-order valence-electron chi connectivity index (χ4n) is 2.38. The molecule has 0 aliphatic rings. The first kappa shape index (κ1) is 17.5. The SMILES string of the molecule is COC(=O)c1ccc(C)c(NC(=O)CNc2ccc(C)cc2C)c1. The maximum absolute atomic E-state index is 12.2. The molecule has 0 saturated heterocycles. The monoisotopic (exact) mass is 326 g/mol. The van der Waals surface area contributed by atoms with Crippen LogP contribution in [0.2, 0.25) is 0 Å². The minimum atomic E-state index is -0.432. The van der Waals surface area contributed by atoms with Crippen LogP contribution in [0.4, 0.5) is 11.4 Å². The first-order valence-electron chi connectivity index (χ1n) is 7.70. The zero-order valence-electron chi connectivity index (χ0n) is 14.4. The third kappa shape index (κ3) is 4.35. The number of hydrogen-bond donors (Lipinski definition) is 2. The van der Waals surface area contributed by atoms with Crippen LogP contribution in [-0.2, 0) is 9.53 Å². The Kier molecular flexibility index (Phi) is 5.58. The summed E-state index contributed by atoms with van der Waals surface area (Å²) in [5.41, 5.74) is 5.08. The van der Waals surface area contributed by atoms with E-state index in [1.165, 1.54) is 12.7 Å². The molecule has 5 heteroatoms. The molecule has 5 nitrogen and oxygen atoms in total. The van der Waals surface area contributed by atoms with Crippen molar-refractivity contribution in [3.05, 3.63) is 58.7 Å². The van der Waals surface area contributed by atoms with Crippen LogP contribution in [-0.4, -0.2) is 25.5 Å². The van der Waals surface area contributed by atoms with Gasteiger partial charge in [0.15, 0.2) is 0 Å². The quantitative estimate of drug-likeness (QED) is 0.826. The number of nitrogens with one attached hydrogen (secondary N) is 2. The predicted molar refractivity (Wildman–Crippen MR) is 95.6 cm³/mol. The zero-order chi connectivity index (χ0) is 17.7. The van der Waals surface area contributed by atoms with E-state index in [4.69, 9.17) is 4.74 Å². The van der Waals surface area contributed by atoms with Crippen LogP contribution < -0.4 is 10.6 Å². The van der Waals surface area contributed by atoms with Gasteiger partial charge in [0.1, 0.15) is 0 Å². The Balaban J connectivity index is 2.03. The van der Waals surface area contributed by atoms with Gasteiger partial charge in [0.2, 0.25) is 5.91 Å². The molecule has 0 aliphatic heterocycles. The van der Waals surface area contributed by atoms with E-state index in [2.05, 4.69) is 16.7 Å². The minimum Gasteiger partial charge on any atom is -0.465 e. The predicted octanol–water partition coefficient (Wildman–Crippen LogP) is 3.45. The van der Waals surface area contributed by atoms with Crippen molar-refractivity contribution in [3.8, 4) is 0 Å². The van der Waals surface area contributed by atoms with E-state index >= 15 is 0 Å². The molecule has 0 saturated carbocycles. The van der Waals surface area contributed by atoms with Crippen molar-refractivity contribution in [2.75, 3.05) is 24.3 Å². The molecule has 0 radical (unpaired) electrons. The highest BCUT2D eigenvalue weighted by Crippen LogP contribution is 2.18. The molecule has 2 aromatic rings. The van der Waals surface area contributed by atoms with Gasteiger partial charge in [0, 0.05) is 11.4 Å². The molecule has 0 heterocycles. The van der Waals surface area contributed by atoms with Gasteiger partial charge in [-0.15, -0.1) is 0 Å². The largest absolute Gasteiger partial charge is 0.465 e. The molecule has 2 rings (SSSR count). The number of aryl methyl sites for hydroxylation is 3. The Morgan fingerprint density at radius 1 is 0.958 bits per heavy atom. The molecule has 24 heavy (non-hydrogen) atoms. The summed E-state index contributed by atoms with van der Waals surface area (Å²) in [6.07, 6.45) is 0. The molecular weight excluding hydrogens is 304 g/mol. The Hall–Kier alpha value is -2.82. The minimum absolute atomic E-state index is 0.145. The Labute approximate surface area is 142 Å². The van der Waals surface area contributed by atoms with Gasteiger partial charge in [-0.3, -0.25) is 4.79 Å². The van der Waals surface area contributed by atoms with E-state index in [0.717, 1.165) is 16.8 Å². The number of esters is 1. The second kappa shape index (κ2) is 7.64. The summed E-state index contributed by atoms with van der Waals surface area (Å²) >= 11 is 0. The smallest absolute Gasteiger partial charge is 0.337 e. The van der Waals surface area contributed by atoms with Crippen molar-refractivity contribution in [1.29, 1.82) is 0 Å². The molecule has 0 bridgehead atoms. The first-order valence-corrected chi connectivity index (χ1v) is 7.70. The Bertz CT molecular complexity index is 769. The van der Waals surface area contributed by atoms with Gasteiger partial charge < -0.3 is 15.4 Å². The molecule has 0 aromatic heterocycles. The topological polar surface area (TPSA) is 67.4 Å². The van der Waals surface area contributed by atoms with Crippen LogP contribution in [0.1, 0.15) is 27.0 Å². The summed E-state index contributed by atoms with van der Waals surface area (Å²) < 4.78 is 4.70. The van der Waals surface area contributed by atoms with Crippen molar-refractivity contribution in [3.63, 3.8) is 0 Å². The number of methoxy groups -OCH3 is 1. The van der Waals surface area contributed by atoms with E-state index in [1.54, 1.807) is 18.2 Å². The third-order valence-corrected chi connectivity index (χ3v) is 3.75. The lowest BCUT2D eigenvalue weighted by molar-refractivity contribution is -0.114. The van der Waals surface area contributed by atoms with Crippen LogP contribution in [0.3, 0.4) is 0 Å². The molecule has 1 amide bonds. The number of hydrogen-bond acceptors (Lipinski definition) is 4. The summed E-state index contributed by atoms with van der Waals surface area (Å²) in [6, 6.07) is 11.1. The van der Waals surface area contributed by atoms with Crippen LogP contribution >= 0.6 is 0 Å². The number of anilines is 2. The van der Waals surface area contributed by atoms with E-state index in [0.29, 0.717) is 11.3 Å². The van der Waals surface area contributed by atoms with Gasteiger partial charge in [0.05, 0.1) is 19.2 Å². The number of amides is 1. The molecule has 2 N–H and O–H groups in total. The third-order valence-electron chi connectivity index (χ3n) is 3.75. The van der Waals surface area contributed by atoms with Gasteiger partial charge in [0.25, 0.3) is 0 Å². The van der Waals surface area contributed by atoms with Crippen LogP contribution in [0, 0.1) is 20.8 Å². The number of benzene rings is 2. The zero-order valence-corrected chi connectivity index (χ0v) is 14.4. The molecule has 0 unspecified atom stereocenters. The first-order chi connectivity index (χ1) is 11.4. The summed E-state index contributed by atoms with van der Waals surface area (Å²) in [4.78, 5) is 23.8. The number of carbonyl (C=O) groups excluding carboxylic acids is 2. The van der Waals surface area contributed by atoms with Crippen molar-refractivity contribution >= 4 is 23.3 Å². The van der Waals surface area contributed by atoms with Crippen molar-refractivity contribution in [2.24, 2.45) is 0 Å². The lowest BCUT2D eigenvalue weighted by atomic mass is 10.1. The van der Waals surface area contributed by atoms with Crippen molar-refractivity contribution in [2.45, 2.75) is 20.8 Å². The van der Waals surface area contributed by atoms with E-state index in [1.807, 2.05) is 32.9 Å². The highest BCUT2D eigenvalue weighted by atomic mass is 16.5. The Morgan fingerprint density at radius 2 is 1.71 bits per heavy atom. The average molecular weight is 326 g/mol. The van der Waals surface area contributed by atoms with Gasteiger partial charge in [-0.25, -0.2) is 4.79 Å². The molecule has 0 fully saturated rings. The van der Waals surface area contributed by atoms with Gasteiger partial charge in [-0.2, -0.15) is 0 Å². The molecule has 0 spiro atoms. The van der Waals surface area contributed by atoms with E-state index < -0.39 is 5.97 Å². The summed E-state index contributed by atoms with van der Waals surface area (Å²) in [6.45, 7) is 6.04. The van der Waals surface area contributed by atoms with Crippen LogP contribution in [0.5, 0.6) is 0 Å². The Morgan fingerprint density at radius 3 is 2.38 bits per heavy atom. The molecule has 0 atom stereocenters. The van der Waals surface area contributed by atoms with Crippen molar-refractivity contribution in [1.82, 2.24) is 0 Å². The van der Waals surface area contributed by atoms with Crippen LogP contribution in [0.15, 0.2) is 36.4 Å². The summed E-state index contributed by atoms with van der Waals surface area (Å²) in [5.74, 6) is -0.612. The van der Waals surface area contributed by atoms with Crippen molar-refractivity contribution < 1.29 is 14.3 Å².